The second-order valence-corrected chi connectivity index (χ2v) is 7.74. The summed E-state index contributed by atoms with van der Waals surface area (Å²) < 4.78 is 5.16. The van der Waals surface area contributed by atoms with Crippen LogP contribution in [0.5, 0.6) is 0 Å². The molecule has 5 heteroatoms. The number of likely N-dealkylation sites (tertiary alicyclic amines) is 2. The average Bonchev–Trinajstić information content (AvgIpc) is 2.81. The molecule has 0 saturated carbocycles. The summed E-state index contributed by atoms with van der Waals surface area (Å²) in [6.45, 7) is 6.99. The van der Waals surface area contributed by atoms with E-state index in [0.29, 0.717) is 17.9 Å². The molecule has 3 rings (SSSR count). The van der Waals surface area contributed by atoms with Crippen LogP contribution in [0.3, 0.4) is 0 Å². The second-order valence-electron chi connectivity index (χ2n) is 7.74. The van der Waals surface area contributed by atoms with Gasteiger partial charge in [-0.1, -0.05) is 6.42 Å². The smallest absolute Gasteiger partial charge is 0.225 e. The predicted molar refractivity (Wildman–Crippen MR) is 91.4 cm³/mol. The maximum Gasteiger partial charge on any atom is 0.225 e. The van der Waals surface area contributed by atoms with E-state index in [9.17, 15) is 4.79 Å². The highest BCUT2D eigenvalue weighted by Crippen LogP contribution is 2.28. The molecule has 23 heavy (non-hydrogen) atoms. The van der Waals surface area contributed by atoms with Gasteiger partial charge in [0.05, 0.1) is 6.61 Å². The largest absolute Gasteiger partial charge is 0.383 e. The Morgan fingerprint density at radius 2 is 1.87 bits per heavy atom. The molecule has 0 aromatic rings. The van der Waals surface area contributed by atoms with Gasteiger partial charge in [0.1, 0.15) is 0 Å². The van der Waals surface area contributed by atoms with E-state index in [2.05, 4.69) is 21.7 Å². The maximum atomic E-state index is 13.0. The molecular weight excluding hydrogens is 290 g/mol. The lowest BCUT2D eigenvalue weighted by molar-refractivity contribution is -0.138. The van der Waals surface area contributed by atoms with Crippen LogP contribution in [0.15, 0.2) is 0 Å². The van der Waals surface area contributed by atoms with Gasteiger partial charge in [-0.15, -0.1) is 0 Å². The van der Waals surface area contributed by atoms with Crippen molar-refractivity contribution in [1.82, 2.24) is 14.7 Å². The van der Waals surface area contributed by atoms with Crippen LogP contribution in [0.25, 0.3) is 0 Å². The Bertz CT molecular complexity index is 396. The van der Waals surface area contributed by atoms with Crippen LogP contribution >= 0.6 is 0 Å². The lowest BCUT2D eigenvalue weighted by Gasteiger charge is -2.36. The standard InChI is InChI=1S/C18H33N3O2/c1-19-12-15-4-3-5-17(19)14-21(13-15)18(22)16-6-8-20(9-7-16)10-11-23-2/h15-17H,3-14H2,1-2H3/t15-,17-/m0/s1. The molecule has 2 bridgehead atoms. The van der Waals surface area contributed by atoms with Gasteiger partial charge in [-0.3, -0.25) is 4.79 Å². The van der Waals surface area contributed by atoms with Gasteiger partial charge in [0.2, 0.25) is 5.91 Å². The summed E-state index contributed by atoms with van der Waals surface area (Å²) in [5.41, 5.74) is 0. The molecule has 0 aliphatic carbocycles. The molecule has 3 saturated heterocycles. The summed E-state index contributed by atoms with van der Waals surface area (Å²) >= 11 is 0. The van der Waals surface area contributed by atoms with Gasteiger partial charge >= 0.3 is 0 Å². The molecular formula is C18H33N3O2. The van der Waals surface area contributed by atoms with Crippen molar-refractivity contribution in [2.45, 2.75) is 38.1 Å². The minimum atomic E-state index is 0.248. The summed E-state index contributed by atoms with van der Waals surface area (Å²) in [6.07, 6.45) is 5.92. The minimum Gasteiger partial charge on any atom is -0.383 e. The number of rotatable bonds is 4. The molecule has 0 unspecified atom stereocenters. The Kier molecular flexibility index (Phi) is 5.94. The number of hydrogen-bond donors (Lipinski definition) is 0. The Morgan fingerprint density at radius 1 is 1.09 bits per heavy atom. The van der Waals surface area contributed by atoms with Crippen LogP contribution in [0, 0.1) is 11.8 Å². The number of nitrogens with zero attached hydrogens (tertiary/aromatic N) is 3. The summed E-state index contributed by atoms with van der Waals surface area (Å²) in [6, 6.07) is 0.577. The first-order valence-corrected chi connectivity index (χ1v) is 9.37. The highest BCUT2D eigenvalue weighted by atomic mass is 16.5. The Balaban J connectivity index is 1.54. The second kappa shape index (κ2) is 7.95. The van der Waals surface area contributed by atoms with E-state index in [4.69, 9.17) is 4.74 Å². The zero-order chi connectivity index (χ0) is 16.2. The van der Waals surface area contributed by atoms with Crippen molar-refractivity contribution in [3.05, 3.63) is 0 Å². The van der Waals surface area contributed by atoms with Crippen molar-refractivity contribution in [2.75, 3.05) is 60.0 Å². The van der Waals surface area contributed by atoms with Gasteiger partial charge in [0, 0.05) is 45.2 Å². The fourth-order valence-electron chi connectivity index (χ4n) is 4.59. The van der Waals surface area contributed by atoms with Crippen LogP contribution in [-0.2, 0) is 9.53 Å². The lowest BCUT2D eigenvalue weighted by atomic mass is 9.93. The summed E-state index contributed by atoms with van der Waals surface area (Å²) in [5, 5.41) is 0. The van der Waals surface area contributed by atoms with E-state index >= 15 is 0 Å². The molecule has 0 aromatic carbocycles. The third-order valence-electron chi connectivity index (χ3n) is 6.09. The molecule has 5 nitrogen and oxygen atoms in total. The van der Waals surface area contributed by atoms with Crippen molar-refractivity contribution in [3.63, 3.8) is 0 Å². The number of fused-ring (bicyclic) bond motifs is 3. The normalized spacial score (nSPS) is 31.1. The van der Waals surface area contributed by atoms with Crippen molar-refractivity contribution in [2.24, 2.45) is 11.8 Å². The van der Waals surface area contributed by atoms with Crippen LogP contribution in [0.4, 0.5) is 0 Å². The van der Waals surface area contributed by atoms with Crippen LogP contribution in [-0.4, -0.2) is 86.7 Å². The lowest BCUT2D eigenvalue weighted by Crippen LogP contribution is -2.47. The molecule has 3 fully saturated rings. The topological polar surface area (TPSA) is 36.0 Å². The van der Waals surface area contributed by atoms with E-state index in [1.165, 1.54) is 25.8 Å². The minimum absolute atomic E-state index is 0.248. The number of carbonyl (C=O) groups is 1. The third kappa shape index (κ3) is 4.25. The number of ether oxygens (including phenoxy) is 1. The Hall–Kier alpha value is -0.650. The zero-order valence-electron chi connectivity index (χ0n) is 14.9. The molecule has 0 spiro atoms. The van der Waals surface area contributed by atoms with Crippen molar-refractivity contribution >= 4 is 5.91 Å². The van der Waals surface area contributed by atoms with Crippen molar-refractivity contribution < 1.29 is 9.53 Å². The van der Waals surface area contributed by atoms with E-state index in [-0.39, 0.29) is 5.92 Å². The van der Waals surface area contributed by atoms with Gasteiger partial charge in [-0.25, -0.2) is 0 Å². The fraction of sp³-hybridized carbons (Fsp3) is 0.944. The number of hydrogen-bond acceptors (Lipinski definition) is 4. The first-order valence-electron chi connectivity index (χ1n) is 9.37. The van der Waals surface area contributed by atoms with Gasteiger partial charge in [-0.05, 0) is 51.7 Å². The number of piperidine rings is 1. The predicted octanol–water partition coefficient (Wildman–Crippen LogP) is 1.29. The zero-order valence-corrected chi connectivity index (χ0v) is 14.9. The quantitative estimate of drug-likeness (QED) is 0.781. The average molecular weight is 323 g/mol. The highest BCUT2D eigenvalue weighted by molar-refractivity contribution is 5.79. The Morgan fingerprint density at radius 3 is 2.61 bits per heavy atom. The van der Waals surface area contributed by atoms with E-state index in [0.717, 1.165) is 52.2 Å². The first kappa shape index (κ1) is 17.2. The van der Waals surface area contributed by atoms with Crippen LogP contribution in [0.2, 0.25) is 0 Å². The molecule has 2 atom stereocenters. The fourth-order valence-corrected chi connectivity index (χ4v) is 4.59. The molecule has 3 heterocycles. The Labute approximate surface area is 140 Å². The van der Waals surface area contributed by atoms with Gasteiger partial charge in [0.25, 0.3) is 0 Å². The van der Waals surface area contributed by atoms with Crippen LogP contribution < -0.4 is 0 Å². The molecule has 0 N–H and O–H groups in total. The van der Waals surface area contributed by atoms with Crippen molar-refractivity contribution in [3.8, 4) is 0 Å². The monoisotopic (exact) mass is 323 g/mol. The summed E-state index contributed by atoms with van der Waals surface area (Å²) in [5.74, 6) is 1.36. The summed E-state index contributed by atoms with van der Waals surface area (Å²) in [4.78, 5) is 20.2. The van der Waals surface area contributed by atoms with Gasteiger partial charge in [-0.2, -0.15) is 0 Å². The van der Waals surface area contributed by atoms with Crippen molar-refractivity contribution in [1.29, 1.82) is 0 Å². The van der Waals surface area contributed by atoms with E-state index in [1.54, 1.807) is 7.11 Å². The molecule has 3 aliphatic rings. The SMILES string of the molecule is COCCN1CCC(C(=O)N2C[C@H]3CCC[C@@H](C2)N(C)C3)CC1. The first-order chi connectivity index (χ1) is 11.2. The van der Waals surface area contributed by atoms with Gasteiger partial charge < -0.3 is 19.4 Å². The maximum absolute atomic E-state index is 13.0. The van der Waals surface area contributed by atoms with E-state index < -0.39 is 0 Å². The van der Waals surface area contributed by atoms with Crippen LogP contribution in [0.1, 0.15) is 32.1 Å². The number of methoxy groups -OCH3 is 1. The number of likely N-dealkylation sites (N-methyl/N-ethyl adjacent to an activating group) is 1. The molecule has 0 aromatic heterocycles. The number of carbonyl (C=O) groups excluding carboxylic acids is 1. The van der Waals surface area contributed by atoms with E-state index in [1.807, 2.05) is 0 Å². The molecule has 132 valence electrons. The molecule has 1 amide bonds. The van der Waals surface area contributed by atoms with Gasteiger partial charge in [0.15, 0.2) is 0 Å². The number of amides is 1. The highest BCUT2D eigenvalue weighted by Gasteiger charge is 2.35. The summed E-state index contributed by atoms with van der Waals surface area (Å²) in [7, 11) is 3.99. The molecule has 0 radical (unpaired) electrons. The third-order valence-corrected chi connectivity index (χ3v) is 6.09. The molecule has 3 aliphatic heterocycles.